The minimum Gasteiger partial charge on any atom is -0.491 e. The van der Waals surface area contributed by atoms with Gasteiger partial charge in [0, 0.05) is 60.3 Å². The molecule has 2 aliphatic rings. The van der Waals surface area contributed by atoms with E-state index in [1.54, 1.807) is 13.8 Å². The molecule has 2 atom stereocenters. The average molecular weight is 843 g/mol. The highest BCUT2D eigenvalue weighted by Crippen LogP contribution is 2.38. The van der Waals surface area contributed by atoms with Crippen LogP contribution in [-0.4, -0.2) is 98.0 Å². The molecule has 0 bridgehead atoms. The lowest BCUT2D eigenvalue weighted by atomic mass is 9.93. The Bertz CT molecular complexity index is 2230. The SMILES string of the molecule is Cc1ccc(-c2cc(C(=O)CC(C)OC(=O)/C=C/C(=O)OC(C)CC(=O)c3cc(C)c(OCCN4CCCC4)c(-c4ccccc4C)c3)cc(C)c2OCCN2CCCC2)cc1. The van der Waals surface area contributed by atoms with Gasteiger partial charge in [-0.1, -0.05) is 54.1 Å². The van der Waals surface area contributed by atoms with Crippen molar-refractivity contribution in [1.29, 1.82) is 0 Å². The molecule has 0 aliphatic carbocycles. The number of carbonyl (C=O) groups is 4. The molecule has 4 aromatic rings. The molecule has 2 fully saturated rings. The normalized spacial score (nSPS) is 15.4. The second-order valence-electron chi connectivity index (χ2n) is 16.9. The van der Waals surface area contributed by atoms with Crippen molar-refractivity contribution in [2.45, 2.75) is 92.3 Å². The van der Waals surface area contributed by atoms with E-state index in [1.807, 2.05) is 100 Å². The molecular weight excluding hydrogens is 781 g/mol. The van der Waals surface area contributed by atoms with E-state index in [1.165, 1.54) is 25.7 Å². The van der Waals surface area contributed by atoms with Crippen LogP contribution in [0.3, 0.4) is 0 Å². The van der Waals surface area contributed by atoms with E-state index in [9.17, 15) is 19.2 Å². The molecule has 10 nitrogen and oxygen atoms in total. The van der Waals surface area contributed by atoms with Crippen LogP contribution in [0.4, 0.5) is 0 Å². The van der Waals surface area contributed by atoms with Crippen LogP contribution < -0.4 is 9.47 Å². The highest BCUT2D eigenvalue weighted by molar-refractivity contribution is 6.00. The molecule has 328 valence electrons. The summed E-state index contributed by atoms with van der Waals surface area (Å²) in [6.45, 7) is 18.4. The predicted molar refractivity (Wildman–Crippen MR) is 243 cm³/mol. The first-order valence-electron chi connectivity index (χ1n) is 22.1. The zero-order chi connectivity index (χ0) is 44.2. The summed E-state index contributed by atoms with van der Waals surface area (Å²) in [5, 5.41) is 0. The van der Waals surface area contributed by atoms with Gasteiger partial charge in [-0.3, -0.25) is 19.4 Å². The molecule has 0 amide bonds. The lowest BCUT2D eigenvalue weighted by Gasteiger charge is -2.20. The van der Waals surface area contributed by atoms with Crippen LogP contribution in [0.5, 0.6) is 11.5 Å². The number of ketones is 2. The summed E-state index contributed by atoms with van der Waals surface area (Å²) in [6.07, 6.45) is 5.18. The highest BCUT2D eigenvalue weighted by Gasteiger charge is 2.22. The fourth-order valence-electron chi connectivity index (χ4n) is 8.29. The number of esters is 2. The van der Waals surface area contributed by atoms with Crippen LogP contribution in [0, 0.1) is 27.7 Å². The van der Waals surface area contributed by atoms with Crippen LogP contribution in [-0.2, 0) is 19.1 Å². The summed E-state index contributed by atoms with van der Waals surface area (Å²) in [7, 11) is 0. The van der Waals surface area contributed by atoms with Gasteiger partial charge < -0.3 is 18.9 Å². The summed E-state index contributed by atoms with van der Waals surface area (Å²) in [5.74, 6) is -0.430. The summed E-state index contributed by atoms with van der Waals surface area (Å²) < 4.78 is 23.7. The van der Waals surface area contributed by atoms with Gasteiger partial charge in [0.15, 0.2) is 11.6 Å². The van der Waals surface area contributed by atoms with Crippen LogP contribution in [0.15, 0.2) is 84.9 Å². The Kier molecular flexibility index (Phi) is 16.3. The second kappa shape index (κ2) is 22.0. The Balaban J connectivity index is 1.02. The summed E-state index contributed by atoms with van der Waals surface area (Å²) in [5.41, 5.74) is 8.52. The number of likely N-dealkylation sites (tertiary alicyclic amines) is 2. The van der Waals surface area contributed by atoms with E-state index in [0.717, 1.165) is 107 Å². The van der Waals surface area contributed by atoms with Gasteiger partial charge >= 0.3 is 11.9 Å². The van der Waals surface area contributed by atoms with Gasteiger partial charge in [0.05, 0.1) is 0 Å². The number of hydrogen-bond donors (Lipinski definition) is 0. The zero-order valence-electron chi connectivity index (χ0n) is 37.3. The van der Waals surface area contributed by atoms with Crippen LogP contribution in [0.2, 0.25) is 0 Å². The Morgan fingerprint density at radius 2 is 1.02 bits per heavy atom. The van der Waals surface area contributed by atoms with E-state index in [2.05, 4.69) is 9.80 Å². The molecule has 62 heavy (non-hydrogen) atoms. The van der Waals surface area contributed by atoms with Gasteiger partial charge in [0.1, 0.15) is 36.9 Å². The second-order valence-corrected chi connectivity index (χ2v) is 16.9. The molecule has 2 saturated heterocycles. The molecule has 6 rings (SSSR count). The van der Waals surface area contributed by atoms with Crippen molar-refractivity contribution in [1.82, 2.24) is 9.80 Å². The minimum absolute atomic E-state index is 0.0537. The summed E-state index contributed by atoms with van der Waals surface area (Å²) >= 11 is 0. The standard InChI is InChI=1S/C52H62N2O8/c1-35-15-17-41(18-16-35)45-33-42(29-37(3)51(45)59-27-25-53-21-9-10-22-53)47(55)31-39(5)61-49(57)19-20-50(58)62-40(6)32-48(56)43-30-38(4)52(60-28-26-54-23-11-12-24-54)46(34-43)44-14-8-7-13-36(44)2/h7-8,13-20,29-30,33-34,39-40H,9-12,21-28,31-32H2,1-6H3/b20-19+. The molecule has 0 aromatic heterocycles. The Morgan fingerprint density at radius 3 is 1.50 bits per heavy atom. The van der Waals surface area contributed by atoms with Crippen molar-refractivity contribution < 1.29 is 38.1 Å². The maximum Gasteiger partial charge on any atom is 0.331 e. The maximum atomic E-state index is 13.6. The molecule has 2 heterocycles. The highest BCUT2D eigenvalue weighted by atomic mass is 16.5. The van der Waals surface area contributed by atoms with Gasteiger partial charge in [0.25, 0.3) is 0 Å². The monoisotopic (exact) mass is 842 g/mol. The molecule has 0 radical (unpaired) electrons. The predicted octanol–water partition coefficient (Wildman–Crippen LogP) is 9.47. The van der Waals surface area contributed by atoms with E-state index in [0.29, 0.717) is 24.3 Å². The van der Waals surface area contributed by atoms with Gasteiger partial charge in [-0.05, 0) is 145 Å². The Hall–Kier alpha value is -5.58. The third-order valence-corrected chi connectivity index (χ3v) is 11.6. The van der Waals surface area contributed by atoms with Gasteiger partial charge in [-0.25, -0.2) is 9.59 Å². The largest absolute Gasteiger partial charge is 0.491 e. The minimum atomic E-state index is -0.786. The van der Waals surface area contributed by atoms with Crippen molar-refractivity contribution >= 4 is 23.5 Å². The lowest BCUT2D eigenvalue weighted by Crippen LogP contribution is -2.25. The summed E-state index contributed by atoms with van der Waals surface area (Å²) in [4.78, 5) is 57.4. The van der Waals surface area contributed by atoms with Crippen molar-refractivity contribution in [3.05, 3.63) is 118 Å². The number of aryl methyl sites for hydroxylation is 4. The third kappa shape index (κ3) is 12.7. The Labute approximate surface area is 367 Å². The van der Waals surface area contributed by atoms with Crippen LogP contribution >= 0.6 is 0 Å². The molecule has 0 saturated carbocycles. The fourth-order valence-corrected chi connectivity index (χ4v) is 8.29. The van der Waals surface area contributed by atoms with Crippen molar-refractivity contribution in [2.75, 3.05) is 52.5 Å². The van der Waals surface area contributed by atoms with E-state index >= 15 is 0 Å². The number of nitrogens with zero attached hydrogens (tertiary/aromatic N) is 2. The van der Waals surface area contributed by atoms with Crippen molar-refractivity contribution in [2.24, 2.45) is 0 Å². The number of rotatable bonds is 20. The number of Topliss-reactive ketones (excluding diaryl/α,β-unsaturated/α-hetero) is 2. The van der Waals surface area contributed by atoms with E-state index in [-0.39, 0.29) is 24.4 Å². The molecular formula is C52H62N2O8. The van der Waals surface area contributed by atoms with Crippen molar-refractivity contribution in [3.63, 3.8) is 0 Å². The lowest BCUT2D eigenvalue weighted by molar-refractivity contribution is -0.144. The quantitative estimate of drug-likeness (QED) is 0.0485. The molecule has 0 spiro atoms. The molecule has 4 aromatic carbocycles. The smallest absolute Gasteiger partial charge is 0.331 e. The van der Waals surface area contributed by atoms with Gasteiger partial charge in [-0.15, -0.1) is 0 Å². The Morgan fingerprint density at radius 1 is 0.565 bits per heavy atom. The molecule has 0 N–H and O–H groups in total. The average Bonchev–Trinajstić information content (AvgIpc) is 3.97. The van der Waals surface area contributed by atoms with Crippen LogP contribution in [0.1, 0.15) is 95.3 Å². The topological polar surface area (TPSA) is 112 Å². The third-order valence-electron chi connectivity index (χ3n) is 11.6. The van der Waals surface area contributed by atoms with E-state index in [4.69, 9.17) is 18.9 Å². The van der Waals surface area contributed by atoms with E-state index < -0.39 is 24.1 Å². The zero-order valence-corrected chi connectivity index (χ0v) is 37.3. The molecule has 2 unspecified atom stereocenters. The number of hydrogen-bond acceptors (Lipinski definition) is 10. The van der Waals surface area contributed by atoms with Crippen molar-refractivity contribution in [3.8, 4) is 33.8 Å². The first kappa shape index (κ1) is 45.9. The van der Waals surface area contributed by atoms with Gasteiger partial charge in [0.2, 0.25) is 0 Å². The summed E-state index contributed by atoms with van der Waals surface area (Å²) in [6, 6.07) is 23.5. The van der Waals surface area contributed by atoms with Gasteiger partial charge in [-0.2, -0.15) is 0 Å². The number of carbonyl (C=O) groups excluding carboxylic acids is 4. The first-order valence-corrected chi connectivity index (χ1v) is 22.1. The van der Waals surface area contributed by atoms with Crippen LogP contribution in [0.25, 0.3) is 22.3 Å². The fraction of sp³-hybridized carbons (Fsp3) is 0.423. The first-order chi connectivity index (χ1) is 29.8. The molecule has 10 heteroatoms. The number of ether oxygens (including phenoxy) is 4. The number of benzene rings is 4. The molecule has 2 aliphatic heterocycles. The maximum absolute atomic E-state index is 13.6.